The summed E-state index contributed by atoms with van der Waals surface area (Å²) in [5, 5.41) is 10.2. The third kappa shape index (κ3) is 5.06. The van der Waals surface area contributed by atoms with Crippen molar-refractivity contribution in [3.63, 3.8) is 0 Å². The van der Waals surface area contributed by atoms with E-state index in [0.717, 1.165) is 11.0 Å². The minimum Gasteiger partial charge on any atom is -0.483 e. The lowest BCUT2D eigenvalue weighted by Crippen LogP contribution is -2.34. The van der Waals surface area contributed by atoms with Crippen molar-refractivity contribution < 1.29 is 32.6 Å². The number of carboxylic acid groups (broad SMARTS) is 1. The second-order valence-electron chi connectivity index (χ2n) is 8.69. The average molecular weight is 519 g/mol. The zero-order valence-corrected chi connectivity index (χ0v) is 20.2. The summed E-state index contributed by atoms with van der Waals surface area (Å²) in [6.07, 6.45) is -4.59. The molecule has 0 radical (unpaired) electrons. The third-order valence-electron chi connectivity index (χ3n) is 6.22. The molecule has 0 aliphatic carbocycles. The maximum absolute atomic E-state index is 14.9. The summed E-state index contributed by atoms with van der Waals surface area (Å²) in [5.41, 5.74) is -1.74. The number of anilines is 1. The van der Waals surface area contributed by atoms with Gasteiger partial charge < -0.3 is 19.7 Å². The molecule has 0 bridgehead atoms. The number of nitrogens with one attached hydrogen (secondary N) is 1. The molecule has 37 heavy (non-hydrogen) atoms. The SMILES string of the molecule is CC(=O)N1CCC(Oc2cc3c(N(C(=O)O)[C@H](C)c4cccc(C(F)F)c4F)nc(C)nc3[nH]c2=O)C1. The third-order valence-corrected chi connectivity index (χ3v) is 6.22. The molecule has 2 amide bonds. The molecule has 2 aromatic heterocycles. The molecule has 4 rings (SSSR count). The van der Waals surface area contributed by atoms with Crippen LogP contribution in [0.1, 0.15) is 49.7 Å². The normalized spacial score (nSPS) is 16.3. The van der Waals surface area contributed by atoms with E-state index in [-0.39, 0.29) is 46.4 Å². The summed E-state index contributed by atoms with van der Waals surface area (Å²) >= 11 is 0. The van der Waals surface area contributed by atoms with Crippen molar-refractivity contribution in [3.8, 4) is 5.75 Å². The molecule has 1 unspecified atom stereocenters. The predicted molar refractivity (Wildman–Crippen MR) is 126 cm³/mol. The number of likely N-dealkylation sites (tertiary alicyclic amines) is 1. The summed E-state index contributed by atoms with van der Waals surface area (Å²) in [7, 11) is 0. The molecule has 3 aromatic rings. The Morgan fingerprint density at radius 2 is 1.97 bits per heavy atom. The summed E-state index contributed by atoms with van der Waals surface area (Å²) in [4.78, 5) is 49.9. The lowest BCUT2D eigenvalue weighted by atomic mass is 10.0. The van der Waals surface area contributed by atoms with E-state index in [1.807, 2.05) is 0 Å². The van der Waals surface area contributed by atoms with Gasteiger partial charge in [-0.25, -0.2) is 27.9 Å². The molecule has 1 saturated heterocycles. The van der Waals surface area contributed by atoms with Gasteiger partial charge in [-0.05, 0) is 13.8 Å². The van der Waals surface area contributed by atoms with Gasteiger partial charge >= 0.3 is 6.09 Å². The highest BCUT2D eigenvalue weighted by Gasteiger charge is 2.31. The number of aromatic amines is 1. The fourth-order valence-electron chi connectivity index (χ4n) is 4.36. The fraction of sp³-hybridized carbons (Fsp3) is 0.375. The Balaban J connectivity index is 1.80. The number of carbonyl (C=O) groups is 2. The van der Waals surface area contributed by atoms with Gasteiger partial charge in [-0.2, -0.15) is 0 Å². The van der Waals surface area contributed by atoms with Crippen LogP contribution < -0.4 is 15.2 Å². The van der Waals surface area contributed by atoms with Crippen LogP contribution in [-0.2, 0) is 4.79 Å². The zero-order valence-electron chi connectivity index (χ0n) is 20.2. The molecule has 0 spiro atoms. The molecular weight excluding hydrogens is 495 g/mol. The second kappa shape index (κ2) is 10.1. The van der Waals surface area contributed by atoms with Gasteiger partial charge in [0.1, 0.15) is 23.4 Å². The Morgan fingerprint density at radius 1 is 1.27 bits per heavy atom. The van der Waals surface area contributed by atoms with Crippen LogP contribution >= 0.6 is 0 Å². The van der Waals surface area contributed by atoms with Crippen LogP contribution in [0.15, 0.2) is 29.1 Å². The fourth-order valence-corrected chi connectivity index (χ4v) is 4.36. The molecule has 196 valence electrons. The number of hydrogen-bond acceptors (Lipinski definition) is 6. The number of aryl methyl sites for hydroxylation is 1. The first kappa shape index (κ1) is 25.9. The quantitative estimate of drug-likeness (QED) is 0.505. The zero-order chi connectivity index (χ0) is 27.0. The van der Waals surface area contributed by atoms with E-state index in [4.69, 9.17) is 4.74 Å². The van der Waals surface area contributed by atoms with Gasteiger partial charge in [0.25, 0.3) is 12.0 Å². The van der Waals surface area contributed by atoms with E-state index < -0.39 is 41.6 Å². The highest BCUT2D eigenvalue weighted by Crippen LogP contribution is 2.35. The van der Waals surface area contributed by atoms with Crippen molar-refractivity contribution in [2.24, 2.45) is 0 Å². The first-order valence-electron chi connectivity index (χ1n) is 11.4. The number of benzene rings is 1. The molecule has 13 heteroatoms. The monoisotopic (exact) mass is 519 g/mol. The Bertz CT molecular complexity index is 1430. The largest absolute Gasteiger partial charge is 0.483 e. The van der Waals surface area contributed by atoms with Crippen LogP contribution in [0.3, 0.4) is 0 Å². The number of amides is 2. The first-order chi connectivity index (χ1) is 17.5. The number of H-pyrrole nitrogens is 1. The summed E-state index contributed by atoms with van der Waals surface area (Å²) in [5.74, 6) is -1.57. The predicted octanol–water partition coefficient (Wildman–Crippen LogP) is 3.95. The summed E-state index contributed by atoms with van der Waals surface area (Å²) in [6, 6.07) is 3.37. The number of rotatable bonds is 6. The standard InChI is InChI=1S/C24H24F3N5O5/c1-11(15-5-4-6-16(19(15)25)20(26)27)32(24(35)36)22-17-9-18(23(34)30-21(17)28-12(2)29-22)37-14-7-8-31(10-14)13(3)33/h4-6,9,11,14,20H,7-8,10H2,1-3H3,(H,35,36)(H,28,29,30,34)/t11-,14?/m1/s1. The van der Waals surface area contributed by atoms with E-state index in [2.05, 4.69) is 15.0 Å². The molecule has 0 saturated carbocycles. The van der Waals surface area contributed by atoms with Crippen LogP contribution in [0.5, 0.6) is 5.75 Å². The van der Waals surface area contributed by atoms with Crippen molar-refractivity contribution in [3.05, 3.63) is 57.4 Å². The molecular formula is C24H24F3N5O5. The molecule has 2 N–H and O–H groups in total. The molecule has 1 aliphatic rings. The van der Waals surface area contributed by atoms with Crippen molar-refractivity contribution in [2.45, 2.75) is 45.8 Å². The molecule has 1 aromatic carbocycles. The van der Waals surface area contributed by atoms with E-state index in [1.54, 1.807) is 4.90 Å². The molecule has 3 heterocycles. The van der Waals surface area contributed by atoms with E-state index in [0.29, 0.717) is 13.0 Å². The highest BCUT2D eigenvalue weighted by molar-refractivity contribution is 5.97. The van der Waals surface area contributed by atoms with Crippen LogP contribution in [0, 0.1) is 12.7 Å². The Morgan fingerprint density at radius 3 is 2.59 bits per heavy atom. The molecule has 1 aliphatic heterocycles. The van der Waals surface area contributed by atoms with Crippen LogP contribution in [0.4, 0.5) is 23.8 Å². The lowest BCUT2D eigenvalue weighted by molar-refractivity contribution is -0.128. The van der Waals surface area contributed by atoms with Gasteiger partial charge in [-0.15, -0.1) is 0 Å². The van der Waals surface area contributed by atoms with Crippen molar-refractivity contribution in [1.29, 1.82) is 0 Å². The van der Waals surface area contributed by atoms with Crippen LogP contribution in [0.2, 0.25) is 0 Å². The average Bonchev–Trinajstić information content (AvgIpc) is 3.28. The number of pyridine rings is 1. The maximum atomic E-state index is 14.9. The van der Waals surface area contributed by atoms with Gasteiger partial charge in [-0.3, -0.25) is 14.5 Å². The smallest absolute Gasteiger partial charge is 0.413 e. The van der Waals surface area contributed by atoms with Crippen LogP contribution in [-0.4, -0.2) is 56.2 Å². The Kier molecular flexibility index (Phi) is 7.05. The van der Waals surface area contributed by atoms with Crippen LogP contribution in [0.25, 0.3) is 11.0 Å². The number of alkyl halides is 2. The van der Waals surface area contributed by atoms with Crippen molar-refractivity contribution in [1.82, 2.24) is 19.9 Å². The van der Waals surface area contributed by atoms with Gasteiger partial charge in [0.15, 0.2) is 11.6 Å². The Hall–Kier alpha value is -4.16. The van der Waals surface area contributed by atoms with Crippen molar-refractivity contribution >= 4 is 28.9 Å². The maximum Gasteiger partial charge on any atom is 0.413 e. The van der Waals surface area contributed by atoms with E-state index >= 15 is 0 Å². The molecule has 2 atom stereocenters. The summed E-state index contributed by atoms with van der Waals surface area (Å²) in [6.45, 7) is 4.99. The molecule has 1 fully saturated rings. The molecule has 10 nitrogen and oxygen atoms in total. The topological polar surface area (TPSA) is 129 Å². The summed E-state index contributed by atoms with van der Waals surface area (Å²) < 4.78 is 47.3. The van der Waals surface area contributed by atoms with Gasteiger partial charge in [0, 0.05) is 31.5 Å². The van der Waals surface area contributed by atoms with Gasteiger partial charge in [0.05, 0.1) is 23.5 Å². The Labute approximate surface area is 208 Å². The number of ether oxygens (including phenoxy) is 1. The van der Waals surface area contributed by atoms with Crippen molar-refractivity contribution in [2.75, 3.05) is 18.0 Å². The second-order valence-corrected chi connectivity index (χ2v) is 8.69. The lowest BCUT2D eigenvalue weighted by Gasteiger charge is -2.27. The number of carbonyl (C=O) groups excluding carboxylic acids is 1. The minimum atomic E-state index is -3.09. The number of halogens is 3. The number of aromatic nitrogens is 3. The number of fused-ring (bicyclic) bond motifs is 1. The highest BCUT2D eigenvalue weighted by atomic mass is 19.3. The van der Waals surface area contributed by atoms with Gasteiger partial charge in [0.2, 0.25) is 5.91 Å². The van der Waals surface area contributed by atoms with E-state index in [9.17, 15) is 32.7 Å². The number of hydrogen-bond donors (Lipinski definition) is 2. The van der Waals surface area contributed by atoms with Gasteiger partial charge in [-0.1, -0.05) is 18.2 Å². The van der Waals surface area contributed by atoms with E-state index in [1.165, 1.54) is 39.0 Å². The minimum absolute atomic E-state index is 0.0110. The first-order valence-corrected chi connectivity index (χ1v) is 11.4. The number of nitrogens with zero attached hydrogens (tertiary/aromatic N) is 4.